The number of unbranched alkanes of at least 4 members (excludes halogenated alkanes) is 25. The van der Waals surface area contributed by atoms with E-state index in [1.165, 1.54) is 109 Å². The maximum Gasteiger partial charge on any atom is 0.364 e. The Labute approximate surface area is 548 Å². The average Bonchev–Trinajstić information content (AvgIpc) is 0.774. The van der Waals surface area contributed by atoms with Crippen molar-refractivity contribution in [2.45, 2.75) is 347 Å². The van der Waals surface area contributed by atoms with Gasteiger partial charge in [0.05, 0.1) is 57.3 Å². The van der Waals surface area contributed by atoms with Crippen molar-refractivity contribution < 1.29 is 129 Å². The van der Waals surface area contributed by atoms with E-state index in [4.69, 9.17) is 37.9 Å². The summed E-state index contributed by atoms with van der Waals surface area (Å²) < 4.78 is 47.1. The third-order valence-corrected chi connectivity index (χ3v) is 18.1. The summed E-state index contributed by atoms with van der Waals surface area (Å²) in [6.45, 7) is 0.728. The molecule has 93 heavy (non-hydrogen) atoms. The second-order valence-electron chi connectivity index (χ2n) is 25.7. The number of rotatable bonds is 48. The molecule has 544 valence electrons. The molecular weight excluding hydrogens is 1220 g/mol. The molecule has 8 unspecified atom stereocenters. The van der Waals surface area contributed by atoms with Crippen molar-refractivity contribution in [2.24, 2.45) is 0 Å². The molecule has 4 aliphatic heterocycles. The van der Waals surface area contributed by atoms with E-state index in [1.807, 2.05) is 6.08 Å². The minimum Gasteiger partial charge on any atom is -0.477 e. The lowest BCUT2D eigenvalue weighted by Gasteiger charge is -2.52. The number of aliphatic hydroxyl groups excluding tert-OH is 14. The van der Waals surface area contributed by atoms with Crippen LogP contribution in [-0.4, -0.2) is 268 Å². The number of aliphatic hydroxyl groups is 14. The molecule has 0 aromatic rings. The van der Waals surface area contributed by atoms with Crippen LogP contribution in [-0.2, 0) is 52.3 Å². The van der Waals surface area contributed by atoms with E-state index in [9.17, 15) is 91.0 Å². The molecule has 17 N–H and O–H groups in total. The summed E-state index contributed by atoms with van der Waals surface area (Å²) in [5.74, 6) is -6.53. The average molecular weight is 1340 g/mol. The van der Waals surface area contributed by atoms with Gasteiger partial charge >= 0.3 is 5.97 Å². The van der Waals surface area contributed by atoms with Crippen LogP contribution in [0.5, 0.6) is 0 Å². The number of carboxylic acid groups (broad SMARTS) is 1. The van der Waals surface area contributed by atoms with E-state index >= 15 is 0 Å². The Bertz CT molecular complexity index is 2050. The lowest BCUT2D eigenvalue weighted by Crippen LogP contribution is -2.71. The molecule has 0 aromatic carbocycles. The molecule has 0 aromatic heterocycles. The van der Waals surface area contributed by atoms with Crippen molar-refractivity contribution >= 4 is 17.8 Å². The van der Waals surface area contributed by atoms with Crippen LogP contribution in [0.15, 0.2) is 12.2 Å². The first-order valence-corrected chi connectivity index (χ1v) is 34.6. The van der Waals surface area contributed by atoms with Crippen LogP contribution in [0, 0.1) is 0 Å². The number of ether oxygens (including phenoxy) is 8. The summed E-state index contributed by atoms with van der Waals surface area (Å²) in [6.07, 6.45) is -6.84. The standard InChI is InChI=1S/C65H118N2O26/c1-4-6-8-10-12-14-16-18-19-21-23-25-27-29-31-33-48(76)67-41(42(73)32-30-28-26-24-22-20-17-15-13-11-9-7-5-2)39-86-61-55(82)53(80)57(46(37-70)88-61)90-63-56(83)60(58(47(38-71)89-63)91-62-54(81)52(79)51(78)45(36-69)87-62)93-65(64(84)85)34-43(74)49(66-40(3)72)59(92-65)50(77)44(75)35-68/h30,32,41-47,49-63,68-71,73-75,77-83H,4-29,31,33-39H2,1-3H3,(H,66,72)(H,67,76)(H,84,85)/b32-30+/t41-,42+,43?,44+,45?,46?,47?,49+,50+,51-,52-,53+,54?,55?,56?,57+,58-,59?,60+,61+,62-,63-,65-/m0/s1. The first-order valence-electron chi connectivity index (χ1n) is 34.6. The van der Waals surface area contributed by atoms with Gasteiger partial charge in [-0.1, -0.05) is 180 Å². The van der Waals surface area contributed by atoms with Crippen molar-refractivity contribution in [3.8, 4) is 0 Å². The van der Waals surface area contributed by atoms with Crippen molar-refractivity contribution in [1.82, 2.24) is 10.6 Å². The smallest absolute Gasteiger partial charge is 0.364 e. The van der Waals surface area contributed by atoms with E-state index in [0.29, 0.717) is 12.8 Å². The third-order valence-electron chi connectivity index (χ3n) is 18.1. The fourth-order valence-electron chi connectivity index (χ4n) is 12.4. The van der Waals surface area contributed by atoms with Gasteiger partial charge in [0.15, 0.2) is 18.9 Å². The van der Waals surface area contributed by atoms with Gasteiger partial charge < -0.3 is 125 Å². The molecule has 23 atom stereocenters. The Kier molecular flexibility index (Phi) is 40.0. The highest BCUT2D eigenvalue weighted by atomic mass is 16.8. The molecule has 28 heteroatoms. The van der Waals surface area contributed by atoms with Gasteiger partial charge in [-0.15, -0.1) is 0 Å². The Balaban J connectivity index is 1.51. The molecule has 0 bridgehead atoms. The van der Waals surface area contributed by atoms with Crippen LogP contribution >= 0.6 is 0 Å². The SMILES string of the molecule is CCCCCCCCCCCCC/C=C/[C@@H](O)[C@H](CO[C@@H]1OC(CO)[C@@H](O[C@@H]2OC(CO)[C@H](O[C@@H]3OC(CO)[C@H](O)[C@H](O)C3O)[C@H](O[C@]3(C(=O)O)CC(O)[C@@H](NC(C)=O)C([C@H](O)[C@H](O)CO)O3)C2O)[C@H](O)C1O)NC(=O)CCCCCCCCCCCCCCCCC. The fourth-order valence-corrected chi connectivity index (χ4v) is 12.4. The largest absolute Gasteiger partial charge is 0.477 e. The molecule has 2 amide bonds. The number of carbonyl (C=O) groups is 3. The summed E-state index contributed by atoms with van der Waals surface area (Å²) >= 11 is 0. The van der Waals surface area contributed by atoms with Gasteiger partial charge in [0, 0.05) is 19.8 Å². The zero-order valence-electron chi connectivity index (χ0n) is 55.1. The first-order chi connectivity index (χ1) is 44.6. The number of aliphatic carboxylic acids is 1. The molecule has 0 saturated carbocycles. The highest BCUT2D eigenvalue weighted by Gasteiger charge is 2.61. The fraction of sp³-hybridized carbons (Fsp3) is 0.923. The molecule has 28 nitrogen and oxygen atoms in total. The lowest BCUT2D eigenvalue weighted by atomic mass is 9.88. The van der Waals surface area contributed by atoms with E-state index in [0.717, 1.165) is 58.3 Å². The summed E-state index contributed by atoms with van der Waals surface area (Å²) in [7, 11) is 0. The molecule has 0 aliphatic carbocycles. The molecule has 4 aliphatic rings. The predicted molar refractivity (Wildman–Crippen MR) is 334 cm³/mol. The third kappa shape index (κ3) is 26.8. The number of amides is 2. The normalized spacial score (nSPS) is 33.1. The molecular formula is C65H118N2O26. The van der Waals surface area contributed by atoms with Gasteiger partial charge in [-0.3, -0.25) is 9.59 Å². The Hall–Kier alpha value is -2.73. The molecule has 4 rings (SSSR count). The highest BCUT2D eigenvalue weighted by Crippen LogP contribution is 2.40. The first kappa shape index (κ1) is 82.7. The minimum absolute atomic E-state index is 0.166. The topological polar surface area (TPSA) is 453 Å². The number of allylic oxidation sites excluding steroid dienone is 1. The second-order valence-corrected chi connectivity index (χ2v) is 25.7. The van der Waals surface area contributed by atoms with E-state index in [1.54, 1.807) is 6.08 Å². The summed E-state index contributed by atoms with van der Waals surface area (Å²) in [4.78, 5) is 39.2. The van der Waals surface area contributed by atoms with Gasteiger partial charge in [-0.25, -0.2) is 4.79 Å². The highest BCUT2D eigenvalue weighted by molar-refractivity contribution is 5.77. The lowest BCUT2D eigenvalue weighted by molar-refractivity contribution is -0.404. The number of hydrogen-bond acceptors (Lipinski definition) is 25. The Morgan fingerprint density at radius 1 is 0.559 bits per heavy atom. The zero-order chi connectivity index (χ0) is 68.5. The number of carbonyl (C=O) groups excluding carboxylic acids is 2. The van der Waals surface area contributed by atoms with Crippen LogP contribution in [0.25, 0.3) is 0 Å². The number of nitrogens with one attached hydrogen (secondary N) is 2. The van der Waals surface area contributed by atoms with Gasteiger partial charge in [0.2, 0.25) is 11.8 Å². The van der Waals surface area contributed by atoms with E-state index < -0.39 is 192 Å². The number of hydrogen-bond donors (Lipinski definition) is 17. The van der Waals surface area contributed by atoms with Crippen molar-refractivity contribution in [1.29, 1.82) is 0 Å². The van der Waals surface area contributed by atoms with E-state index in [2.05, 4.69) is 24.5 Å². The Morgan fingerprint density at radius 3 is 1.53 bits per heavy atom. The summed E-state index contributed by atoms with van der Waals surface area (Å²) in [5, 5.41) is 170. The molecule has 0 radical (unpaired) electrons. The van der Waals surface area contributed by atoms with Crippen molar-refractivity contribution in [2.75, 3.05) is 33.0 Å². The van der Waals surface area contributed by atoms with Gasteiger partial charge in [0.25, 0.3) is 5.79 Å². The van der Waals surface area contributed by atoms with Crippen LogP contribution < -0.4 is 10.6 Å². The molecule has 4 saturated heterocycles. The second kappa shape index (κ2) is 45.0. The van der Waals surface area contributed by atoms with Gasteiger partial charge in [0.1, 0.15) is 91.6 Å². The predicted octanol–water partition coefficient (Wildman–Crippen LogP) is 0.990. The summed E-state index contributed by atoms with van der Waals surface area (Å²) in [5.41, 5.74) is 0. The number of carboxylic acids is 1. The Morgan fingerprint density at radius 2 is 1.02 bits per heavy atom. The maximum absolute atomic E-state index is 13.5. The summed E-state index contributed by atoms with van der Waals surface area (Å²) in [6, 6.07) is -2.78. The van der Waals surface area contributed by atoms with Gasteiger partial charge in [-0.05, 0) is 19.3 Å². The van der Waals surface area contributed by atoms with Crippen molar-refractivity contribution in [3.63, 3.8) is 0 Å². The molecule has 0 spiro atoms. The van der Waals surface area contributed by atoms with Crippen LogP contribution in [0.3, 0.4) is 0 Å². The van der Waals surface area contributed by atoms with Crippen LogP contribution in [0.1, 0.15) is 207 Å². The van der Waals surface area contributed by atoms with Crippen LogP contribution in [0.4, 0.5) is 0 Å². The van der Waals surface area contributed by atoms with Gasteiger partial charge in [-0.2, -0.15) is 0 Å². The van der Waals surface area contributed by atoms with Crippen LogP contribution in [0.2, 0.25) is 0 Å². The molecule has 4 fully saturated rings. The minimum atomic E-state index is -3.26. The van der Waals surface area contributed by atoms with Crippen molar-refractivity contribution in [3.05, 3.63) is 12.2 Å². The quantitative estimate of drug-likeness (QED) is 0.0298. The van der Waals surface area contributed by atoms with E-state index in [-0.39, 0.29) is 12.3 Å². The zero-order valence-corrected chi connectivity index (χ0v) is 55.1. The monoisotopic (exact) mass is 1340 g/mol. The molecule has 4 heterocycles. The maximum atomic E-state index is 13.5.